The van der Waals surface area contributed by atoms with Crippen LogP contribution in [0.2, 0.25) is 0 Å². The van der Waals surface area contributed by atoms with Crippen molar-refractivity contribution in [3.8, 4) is 0 Å². The second kappa shape index (κ2) is 6.69. The lowest BCUT2D eigenvalue weighted by Crippen LogP contribution is -2.32. The van der Waals surface area contributed by atoms with Gasteiger partial charge >= 0.3 is 0 Å². The smallest absolute Gasteiger partial charge is 0.141 e. The zero-order valence-corrected chi connectivity index (χ0v) is 14.8. The standard InChI is InChI=1S/C19H20FN3OS/c1-2-17-21-18(15-9-10-25-19(15)22-17)23(14-7-8-14)11-16(24)12-3-5-13(20)6-4-12/h3-6,9-10,14,16,24H,2,7-8,11H2,1H3. The van der Waals surface area contributed by atoms with Crippen molar-refractivity contribution in [3.05, 3.63) is 52.9 Å². The van der Waals surface area contributed by atoms with E-state index < -0.39 is 6.10 Å². The zero-order chi connectivity index (χ0) is 17.4. The SMILES string of the molecule is CCc1nc(N(CC(O)c2ccc(F)cc2)C2CC2)c2ccsc2n1. The van der Waals surface area contributed by atoms with E-state index in [0.717, 1.165) is 46.7 Å². The van der Waals surface area contributed by atoms with Crippen LogP contribution in [0.1, 0.15) is 37.3 Å². The van der Waals surface area contributed by atoms with Gasteiger partial charge in [-0.25, -0.2) is 14.4 Å². The van der Waals surface area contributed by atoms with Crippen LogP contribution < -0.4 is 4.90 Å². The molecule has 1 fully saturated rings. The predicted molar refractivity (Wildman–Crippen MR) is 98.5 cm³/mol. The summed E-state index contributed by atoms with van der Waals surface area (Å²) >= 11 is 1.62. The fourth-order valence-corrected chi connectivity index (χ4v) is 3.81. The monoisotopic (exact) mass is 357 g/mol. The van der Waals surface area contributed by atoms with E-state index in [0.29, 0.717) is 12.6 Å². The molecule has 1 saturated carbocycles. The lowest BCUT2D eigenvalue weighted by molar-refractivity contribution is 0.182. The summed E-state index contributed by atoms with van der Waals surface area (Å²) in [6, 6.07) is 8.51. The lowest BCUT2D eigenvalue weighted by Gasteiger charge is -2.27. The summed E-state index contributed by atoms with van der Waals surface area (Å²) in [5, 5.41) is 13.7. The highest BCUT2D eigenvalue weighted by molar-refractivity contribution is 7.16. The number of hydrogen-bond donors (Lipinski definition) is 1. The number of hydrogen-bond acceptors (Lipinski definition) is 5. The number of halogens is 1. The molecule has 0 radical (unpaired) electrons. The molecule has 1 aliphatic rings. The van der Waals surface area contributed by atoms with E-state index in [-0.39, 0.29) is 5.82 Å². The van der Waals surface area contributed by atoms with Gasteiger partial charge in [-0.1, -0.05) is 19.1 Å². The minimum atomic E-state index is -0.685. The van der Waals surface area contributed by atoms with Crippen molar-refractivity contribution in [2.24, 2.45) is 0 Å². The topological polar surface area (TPSA) is 49.2 Å². The lowest BCUT2D eigenvalue weighted by atomic mass is 10.1. The highest BCUT2D eigenvalue weighted by Gasteiger charge is 2.33. The number of aryl methyl sites for hydroxylation is 1. The Balaban J connectivity index is 1.68. The molecular formula is C19H20FN3OS. The molecule has 0 saturated heterocycles. The second-order valence-electron chi connectivity index (χ2n) is 6.41. The first-order valence-electron chi connectivity index (χ1n) is 8.60. The Morgan fingerprint density at radius 2 is 2.00 bits per heavy atom. The first kappa shape index (κ1) is 16.4. The molecule has 1 unspecified atom stereocenters. The van der Waals surface area contributed by atoms with Crippen LogP contribution in [0.4, 0.5) is 10.2 Å². The maximum Gasteiger partial charge on any atom is 0.141 e. The van der Waals surface area contributed by atoms with Gasteiger partial charge < -0.3 is 10.0 Å². The van der Waals surface area contributed by atoms with E-state index in [4.69, 9.17) is 4.98 Å². The number of aliphatic hydroxyl groups is 1. The first-order chi connectivity index (χ1) is 12.2. The third-order valence-corrected chi connectivity index (χ3v) is 5.36. The van der Waals surface area contributed by atoms with Gasteiger partial charge in [0.05, 0.1) is 11.5 Å². The first-order valence-corrected chi connectivity index (χ1v) is 9.48. The van der Waals surface area contributed by atoms with Gasteiger partial charge in [-0.05, 0) is 42.0 Å². The quantitative estimate of drug-likeness (QED) is 0.722. The summed E-state index contributed by atoms with van der Waals surface area (Å²) in [5.41, 5.74) is 0.721. The predicted octanol–water partition coefficient (Wildman–Crippen LogP) is 4.10. The van der Waals surface area contributed by atoms with E-state index in [1.807, 2.05) is 12.3 Å². The number of nitrogens with zero attached hydrogens (tertiary/aromatic N) is 3. The number of rotatable bonds is 6. The van der Waals surface area contributed by atoms with Crippen molar-refractivity contribution in [1.82, 2.24) is 9.97 Å². The normalized spacial score (nSPS) is 15.5. The number of aromatic nitrogens is 2. The summed E-state index contributed by atoms with van der Waals surface area (Å²) in [6.07, 6.45) is 2.30. The largest absolute Gasteiger partial charge is 0.387 e. The number of benzene rings is 1. The highest BCUT2D eigenvalue weighted by Crippen LogP contribution is 2.37. The molecule has 0 aliphatic heterocycles. The average Bonchev–Trinajstić information content (AvgIpc) is 3.36. The molecule has 2 aromatic heterocycles. The summed E-state index contributed by atoms with van der Waals surface area (Å²) < 4.78 is 13.1. The van der Waals surface area contributed by atoms with E-state index in [1.165, 1.54) is 12.1 Å². The molecule has 2 heterocycles. The van der Waals surface area contributed by atoms with Crippen LogP contribution in [0.3, 0.4) is 0 Å². The number of fused-ring (bicyclic) bond motifs is 1. The van der Waals surface area contributed by atoms with Crippen molar-refractivity contribution in [2.75, 3.05) is 11.4 Å². The Labute approximate surface area is 150 Å². The summed E-state index contributed by atoms with van der Waals surface area (Å²) in [5.74, 6) is 1.44. The van der Waals surface area contributed by atoms with Gasteiger partial charge in [0.15, 0.2) is 0 Å². The van der Waals surface area contributed by atoms with Gasteiger partial charge in [0.2, 0.25) is 0 Å². The Morgan fingerprint density at radius 3 is 2.68 bits per heavy atom. The fraction of sp³-hybridized carbons (Fsp3) is 0.368. The number of thiophene rings is 1. The van der Waals surface area contributed by atoms with Gasteiger partial charge in [0, 0.05) is 19.0 Å². The van der Waals surface area contributed by atoms with Crippen LogP contribution in [-0.2, 0) is 6.42 Å². The summed E-state index contributed by atoms with van der Waals surface area (Å²) in [4.78, 5) is 12.6. The fourth-order valence-electron chi connectivity index (χ4n) is 3.03. The van der Waals surface area contributed by atoms with E-state index in [9.17, 15) is 9.50 Å². The zero-order valence-electron chi connectivity index (χ0n) is 14.0. The molecule has 4 nitrogen and oxygen atoms in total. The average molecular weight is 357 g/mol. The Hall–Kier alpha value is -2.05. The molecule has 0 bridgehead atoms. The van der Waals surface area contributed by atoms with Gasteiger partial charge in [-0.2, -0.15) is 0 Å². The van der Waals surface area contributed by atoms with Crippen LogP contribution >= 0.6 is 11.3 Å². The summed E-state index contributed by atoms with van der Waals surface area (Å²) in [6.45, 7) is 2.49. The van der Waals surface area contributed by atoms with Crippen LogP contribution in [0.5, 0.6) is 0 Å². The molecule has 1 aliphatic carbocycles. The number of aliphatic hydroxyl groups excluding tert-OH is 1. The molecule has 0 amide bonds. The summed E-state index contributed by atoms with van der Waals surface area (Å²) in [7, 11) is 0. The van der Waals surface area contributed by atoms with E-state index >= 15 is 0 Å². The van der Waals surface area contributed by atoms with Crippen molar-refractivity contribution in [1.29, 1.82) is 0 Å². The maximum absolute atomic E-state index is 13.1. The Bertz CT molecular complexity index is 876. The Morgan fingerprint density at radius 1 is 1.24 bits per heavy atom. The van der Waals surface area contributed by atoms with Crippen molar-refractivity contribution >= 4 is 27.4 Å². The minimum absolute atomic E-state index is 0.293. The van der Waals surface area contributed by atoms with Crippen molar-refractivity contribution < 1.29 is 9.50 Å². The molecule has 1 atom stereocenters. The van der Waals surface area contributed by atoms with Crippen LogP contribution in [-0.4, -0.2) is 27.7 Å². The molecular weight excluding hydrogens is 337 g/mol. The van der Waals surface area contributed by atoms with Crippen LogP contribution in [0.25, 0.3) is 10.2 Å². The van der Waals surface area contributed by atoms with Crippen LogP contribution in [0, 0.1) is 5.82 Å². The second-order valence-corrected chi connectivity index (χ2v) is 7.30. The van der Waals surface area contributed by atoms with E-state index in [2.05, 4.69) is 16.0 Å². The molecule has 3 aromatic rings. The third-order valence-electron chi connectivity index (χ3n) is 4.55. The molecule has 1 N–H and O–H groups in total. The Kier molecular flexibility index (Phi) is 4.39. The third kappa shape index (κ3) is 3.37. The molecule has 0 spiro atoms. The van der Waals surface area contributed by atoms with Gasteiger partial charge in [0.25, 0.3) is 0 Å². The number of anilines is 1. The molecule has 1 aromatic carbocycles. The van der Waals surface area contributed by atoms with E-state index in [1.54, 1.807) is 23.5 Å². The van der Waals surface area contributed by atoms with Crippen molar-refractivity contribution in [2.45, 2.75) is 38.3 Å². The minimum Gasteiger partial charge on any atom is -0.387 e. The molecule has 4 rings (SSSR count). The molecule has 25 heavy (non-hydrogen) atoms. The maximum atomic E-state index is 13.1. The van der Waals surface area contributed by atoms with Crippen LogP contribution in [0.15, 0.2) is 35.7 Å². The molecule has 6 heteroatoms. The van der Waals surface area contributed by atoms with Gasteiger partial charge in [-0.15, -0.1) is 11.3 Å². The van der Waals surface area contributed by atoms with Crippen molar-refractivity contribution in [3.63, 3.8) is 0 Å². The molecule has 130 valence electrons. The van der Waals surface area contributed by atoms with Gasteiger partial charge in [0.1, 0.15) is 22.3 Å². The highest BCUT2D eigenvalue weighted by atomic mass is 32.1. The van der Waals surface area contributed by atoms with Gasteiger partial charge in [-0.3, -0.25) is 0 Å².